The Morgan fingerprint density at radius 3 is 2.68 bits per heavy atom. The van der Waals surface area contributed by atoms with Gasteiger partial charge in [0.15, 0.2) is 12.4 Å². The molecule has 28 heavy (non-hydrogen) atoms. The zero-order chi connectivity index (χ0) is 20.4. The Labute approximate surface area is 165 Å². The molecule has 0 radical (unpaired) electrons. The quantitative estimate of drug-likeness (QED) is 0.794. The molecule has 0 aromatic carbocycles. The number of nitrogens with one attached hydrogen (secondary N) is 1. The highest BCUT2D eigenvalue weighted by Crippen LogP contribution is 2.29. The number of hydrogen-bond donors (Lipinski definition) is 1. The van der Waals surface area contributed by atoms with Gasteiger partial charge in [-0.05, 0) is 45.1 Å². The van der Waals surface area contributed by atoms with Crippen molar-refractivity contribution in [2.24, 2.45) is 11.8 Å². The summed E-state index contributed by atoms with van der Waals surface area (Å²) in [5, 5.41) is 7.03. The summed E-state index contributed by atoms with van der Waals surface area (Å²) in [6.07, 6.45) is 3.29. The summed E-state index contributed by atoms with van der Waals surface area (Å²) in [6.45, 7) is 9.62. The molecule has 1 aliphatic rings. The SMILES string of the molecule is Cc1cc(-n2c(C)cc(C(=O)OCC(=O)N[C@@H]3CCC[C@H](C)[C@H]3C)c2C)no1. The lowest BCUT2D eigenvalue weighted by atomic mass is 9.78. The topological polar surface area (TPSA) is 86.4 Å². The highest BCUT2D eigenvalue weighted by atomic mass is 16.5. The molecule has 1 fully saturated rings. The van der Waals surface area contributed by atoms with Crippen LogP contribution in [0.5, 0.6) is 0 Å². The molecular weight excluding hydrogens is 358 g/mol. The summed E-state index contributed by atoms with van der Waals surface area (Å²) in [4.78, 5) is 24.8. The van der Waals surface area contributed by atoms with Crippen LogP contribution in [0.3, 0.4) is 0 Å². The van der Waals surface area contributed by atoms with E-state index in [9.17, 15) is 9.59 Å². The van der Waals surface area contributed by atoms with Gasteiger partial charge in [-0.2, -0.15) is 0 Å². The third kappa shape index (κ3) is 4.13. The first kappa shape index (κ1) is 20.2. The Morgan fingerprint density at radius 2 is 2.00 bits per heavy atom. The van der Waals surface area contributed by atoms with Crippen molar-refractivity contribution in [1.82, 2.24) is 15.0 Å². The maximum Gasteiger partial charge on any atom is 0.340 e. The van der Waals surface area contributed by atoms with Gasteiger partial charge in [0.2, 0.25) is 0 Å². The van der Waals surface area contributed by atoms with Crippen molar-refractivity contribution in [3.63, 3.8) is 0 Å². The van der Waals surface area contributed by atoms with E-state index >= 15 is 0 Å². The van der Waals surface area contributed by atoms with Crippen LogP contribution in [0.4, 0.5) is 0 Å². The third-order valence-electron chi connectivity index (χ3n) is 5.88. The number of hydrogen-bond acceptors (Lipinski definition) is 5. The smallest absolute Gasteiger partial charge is 0.340 e. The average Bonchev–Trinajstić information content (AvgIpc) is 3.19. The van der Waals surface area contributed by atoms with Gasteiger partial charge in [0.05, 0.1) is 5.56 Å². The zero-order valence-electron chi connectivity index (χ0n) is 17.2. The fourth-order valence-electron chi connectivity index (χ4n) is 4.02. The second-order valence-electron chi connectivity index (χ2n) is 7.93. The van der Waals surface area contributed by atoms with Crippen molar-refractivity contribution >= 4 is 11.9 Å². The van der Waals surface area contributed by atoms with Gasteiger partial charge < -0.3 is 14.6 Å². The van der Waals surface area contributed by atoms with Crippen molar-refractivity contribution < 1.29 is 18.8 Å². The molecule has 0 bridgehead atoms. The van der Waals surface area contributed by atoms with Crippen LogP contribution in [0.15, 0.2) is 16.7 Å². The molecule has 152 valence electrons. The molecule has 1 saturated carbocycles. The number of rotatable bonds is 5. The van der Waals surface area contributed by atoms with Crippen LogP contribution in [0, 0.1) is 32.6 Å². The molecule has 1 aliphatic carbocycles. The maximum atomic E-state index is 12.5. The highest BCUT2D eigenvalue weighted by Gasteiger charge is 2.28. The number of esters is 1. The molecule has 0 spiro atoms. The van der Waals surface area contributed by atoms with Crippen molar-refractivity contribution in [3.05, 3.63) is 34.8 Å². The van der Waals surface area contributed by atoms with Crippen LogP contribution in [-0.4, -0.2) is 34.2 Å². The van der Waals surface area contributed by atoms with E-state index in [0.29, 0.717) is 34.7 Å². The van der Waals surface area contributed by atoms with Crippen molar-refractivity contribution in [2.75, 3.05) is 6.61 Å². The van der Waals surface area contributed by atoms with Gasteiger partial charge in [-0.1, -0.05) is 31.8 Å². The lowest BCUT2D eigenvalue weighted by molar-refractivity contribution is -0.125. The van der Waals surface area contributed by atoms with Crippen LogP contribution in [0.2, 0.25) is 0 Å². The van der Waals surface area contributed by atoms with Gasteiger partial charge in [-0.25, -0.2) is 4.79 Å². The Balaban J connectivity index is 1.61. The zero-order valence-corrected chi connectivity index (χ0v) is 17.2. The lowest BCUT2D eigenvalue weighted by Crippen LogP contribution is -2.45. The fraction of sp³-hybridized carbons (Fsp3) is 0.571. The van der Waals surface area contributed by atoms with Crippen LogP contribution < -0.4 is 5.32 Å². The van der Waals surface area contributed by atoms with Crippen molar-refractivity contribution in [1.29, 1.82) is 0 Å². The van der Waals surface area contributed by atoms with E-state index in [1.165, 1.54) is 6.42 Å². The van der Waals surface area contributed by atoms with E-state index in [1.54, 1.807) is 12.1 Å². The number of aromatic nitrogens is 2. The molecule has 7 heteroatoms. The Bertz CT molecular complexity index is 867. The predicted molar refractivity (Wildman–Crippen MR) is 104 cm³/mol. The Kier molecular flexibility index (Phi) is 5.91. The molecule has 3 atom stereocenters. The first-order chi connectivity index (χ1) is 13.3. The minimum Gasteiger partial charge on any atom is -0.452 e. The van der Waals surface area contributed by atoms with Gasteiger partial charge in [0.25, 0.3) is 5.91 Å². The van der Waals surface area contributed by atoms with Crippen molar-refractivity contribution in [2.45, 2.75) is 59.9 Å². The minimum absolute atomic E-state index is 0.149. The second kappa shape index (κ2) is 8.20. The minimum atomic E-state index is -0.514. The van der Waals surface area contributed by atoms with Crippen molar-refractivity contribution in [3.8, 4) is 5.82 Å². The average molecular weight is 387 g/mol. The molecule has 0 unspecified atom stereocenters. The number of amides is 1. The van der Waals surface area contributed by atoms with Crippen LogP contribution in [-0.2, 0) is 9.53 Å². The van der Waals surface area contributed by atoms with Gasteiger partial charge in [0.1, 0.15) is 5.76 Å². The number of aryl methyl sites for hydroxylation is 2. The van der Waals surface area contributed by atoms with Gasteiger partial charge in [-0.3, -0.25) is 9.36 Å². The summed E-state index contributed by atoms with van der Waals surface area (Å²) in [5.74, 6) is 1.56. The highest BCUT2D eigenvalue weighted by molar-refractivity contribution is 5.93. The largest absolute Gasteiger partial charge is 0.452 e. The first-order valence-electron chi connectivity index (χ1n) is 9.87. The standard InChI is InChI=1S/C21H29N3O4/c1-12-7-6-8-18(15(12)4)22-20(25)11-27-21(26)17-9-13(2)24(16(17)5)19-10-14(3)28-23-19/h9-10,12,15,18H,6-8,11H2,1-5H3,(H,22,25)/t12-,15+,18+/m0/s1. The van der Waals surface area contributed by atoms with Gasteiger partial charge in [-0.15, -0.1) is 0 Å². The van der Waals surface area contributed by atoms with E-state index in [1.807, 2.05) is 25.3 Å². The summed E-state index contributed by atoms with van der Waals surface area (Å²) in [7, 11) is 0. The Hall–Kier alpha value is -2.57. The second-order valence-corrected chi connectivity index (χ2v) is 7.93. The number of carbonyl (C=O) groups excluding carboxylic acids is 2. The molecule has 2 aromatic heterocycles. The van der Waals surface area contributed by atoms with E-state index < -0.39 is 5.97 Å². The molecule has 0 aliphatic heterocycles. The van der Waals surface area contributed by atoms with Crippen LogP contribution in [0.1, 0.15) is 60.6 Å². The maximum absolute atomic E-state index is 12.5. The molecule has 2 heterocycles. The number of nitrogens with zero attached hydrogens (tertiary/aromatic N) is 2. The summed E-state index contributed by atoms with van der Waals surface area (Å²) >= 11 is 0. The first-order valence-corrected chi connectivity index (χ1v) is 9.87. The van der Waals surface area contributed by atoms with Crippen LogP contribution >= 0.6 is 0 Å². The summed E-state index contributed by atoms with van der Waals surface area (Å²) < 4.78 is 12.2. The molecule has 1 N–H and O–H groups in total. The summed E-state index contributed by atoms with van der Waals surface area (Å²) in [5.41, 5.74) is 1.96. The number of carbonyl (C=O) groups is 2. The van der Waals surface area contributed by atoms with E-state index in [2.05, 4.69) is 24.3 Å². The number of ether oxygens (including phenoxy) is 1. The molecule has 3 rings (SSSR count). The van der Waals surface area contributed by atoms with E-state index in [4.69, 9.17) is 9.26 Å². The van der Waals surface area contributed by atoms with Crippen LogP contribution in [0.25, 0.3) is 5.82 Å². The predicted octanol–water partition coefficient (Wildman–Crippen LogP) is 3.49. The van der Waals surface area contributed by atoms with Gasteiger partial charge in [0, 0.05) is 23.5 Å². The monoisotopic (exact) mass is 387 g/mol. The van der Waals surface area contributed by atoms with Gasteiger partial charge >= 0.3 is 5.97 Å². The molecule has 2 aromatic rings. The normalized spacial score (nSPS) is 22.1. The molecular formula is C21H29N3O4. The fourth-order valence-corrected chi connectivity index (χ4v) is 4.02. The lowest BCUT2D eigenvalue weighted by Gasteiger charge is -2.34. The third-order valence-corrected chi connectivity index (χ3v) is 5.88. The molecule has 7 nitrogen and oxygen atoms in total. The summed E-state index contributed by atoms with van der Waals surface area (Å²) in [6, 6.07) is 3.69. The molecule has 0 saturated heterocycles. The van der Waals surface area contributed by atoms with E-state index in [-0.39, 0.29) is 18.6 Å². The Morgan fingerprint density at radius 1 is 1.25 bits per heavy atom. The molecule has 1 amide bonds. The van der Waals surface area contributed by atoms with E-state index in [0.717, 1.165) is 18.5 Å².